The molecular formula is C14H22BrFIN3O. The molecule has 1 rings (SSSR count). The van der Waals surface area contributed by atoms with Gasteiger partial charge in [0.2, 0.25) is 0 Å². The van der Waals surface area contributed by atoms with Gasteiger partial charge in [-0.1, -0.05) is 15.9 Å². The van der Waals surface area contributed by atoms with E-state index in [9.17, 15) is 4.39 Å². The van der Waals surface area contributed by atoms with Gasteiger partial charge in [-0.3, -0.25) is 4.99 Å². The summed E-state index contributed by atoms with van der Waals surface area (Å²) in [6.45, 7) is 4.58. The Morgan fingerprint density at radius 1 is 1.38 bits per heavy atom. The molecule has 1 aromatic rings. The van der Waals surface area contributed by atoms with Gasteiger partial charge in [0.05, 0.1) is 0 Å². The van der Waals surface area contributed by atoms with Crippen molar-refractivity contribution in [2.45, 2.75) is 19.9 Å². The minimum atomic E-state index is -0.229. The van der Waals surface area contributed by atoms with Crippen molar-refractivity contribution in [3.63, 3.8) is 0 Å². The van der Waals surface area contributed by atoms with E-state index in [2.05, 4.69) is 31.6 Å². The van der Waals surface area contributed by atoms with Crippen LogP contribution in [-0.2, 0) is 11.3 Å². The first-order valence-corrected chi connectivity index (χ1v) is 7.42. The zero-order chi connectivity index (χ0) is 14.8. The first-order valence-electron chi connectivity index (χ1n) is 6.63. The van der Waals surface area contributed by atoms with Gasteiger partial charge in [0, 0.05) is 43.4 Å². The summed E-state index contributed by atoms with van der Waals surface area (Å²) in [5, 5.41) is 6.24. The number of rotatable bonds is 7. The lowest BCUT2D eigenvalue weighted by Gasteiger charge is -2.12. The van der Waals surface area contributed by atoms with Crippen molar-refractivity contribution >= 4 is 45.9 Å². The molecule has 0 spiro atoms. The second kappa shape index (κ2) is 12.2. The molecule has 4 nitrogen and oxygen atoms in total. The molecule has 0 aliphatic carbocycles. The average molecular weight is 474 g/mol. The third-order valence-electron chi connectivity index (χ3n) is 2.64. The average Bonchev–Trinajstić information content (AvgIpc) is 2.45. The molecule has 0 atom stereocenters. The molecule has 2 N–H and O–H groups in total. The normalized spacial score (nSPS) is 11.0. The van der Waals surface area contributed by atoms with E-state index < -0.39 is 0 Å². The molecule has 0 bridgehead atoms. The molecule has 1 aromatic carbocycles. The Balaban J connectivity index is 0.00000400. The number of aliphatic imine (C=N–C) groups is 1. The fraction of sp³-hybridized carbons (Fsp3) is 0.500. The predicted molar refractivity (Wildman–Crippen MR) is 98.8 cm³/mol. The highest BCUT2D eigenvalue weighted by Gasteiger charge is 2.04. The molecule has 0 unspecified atom stereocenters. The van der Waals surface area contributed by atoms with Crippen LogP contribution in [0.4, 0.5) is 4.39 Å². The van der Waals surface area contributed by atoms with Crippen LogP contribution in [-0.4, -0.2) is 32.8 Å². The molecule has 0 amide bonds. The SMILES string of the molecule is CCOCCCNC(=NC)NCc1cc(Br)ccc1F.I. The van der Waals surface area contributed by atoms with Crippen molar-refractivity contribution in [3.8, 4) is 0 Å². The first-order chi connectivity index (χ1) is 9.67. The Hall–Kier alpha value is -0.410. The summed E-state index contributed by atoms with van der Waals surface area (Å²) in [7, 11) is 1.69. The molecule has 0 saturated carbocycles. The van der Waals surface area contributed by atoms with Crippen LogP contribution in [0.1, 0.15) is 18.9 Å². The molecule has 21 heavy (non-hydrogen) atoms. The van der Waals surface area contributed by atoms with E-state index in [1.54, 1.807) is 19.2 Å². The van der Waals surface area contributed by atoms with Crippen LogP contribution >= 0.6 is 39.9 Å². The Labute approximate surface area is 151 Å². The van der Waals surface area contributed by atoms with Gasteiger partial charge >= 0.3 is 0 Å². The quantitative estimate of drug-likeness (QED) is 0.276. The van der Waals surface area contributed by atoms with Crippen LogP contribution in [0, 0.1) is 5.82 Å². The standard InChI is InChI=1S/C14H21BrFN3O.HI/c1-3-20-8-4-7-18-14(17-2)19-10-11-9-12(15)5-6-13(11)16;/h5-6,9H,3-4,7-8,10H2,1-2H3,(H2,17,18,19);1H. The highest BCUT2D eigenvalue weighted by Crippen LogP contribution is 2.15. The van der Waals surface area contributed by atoms with Gasteiger partial charge in [0.1, 0.15) is 5.82 Å². The second-order valence-corrected chi connectivity index (χ2v) is 5.05. The van der Waals surface area contributed by atoms with E-state index in [0.717, 1.165) is 30.7 Å². The van der Waals surface area contributed by atoms with Crippen molar-refractivity contribution in [3.05, 3.63) is 34.1 Å². The van der Waals surface area contributed by atoms with Crippen LogP contribution in [0.5, 0.6) is 0 Å². The molecule has 0 saturated heterocycles. The second-order valence-electron chi connectivity index (χ2n) is 4.14. The lowest BCUT2D eigenvalue weighted by atomic mass is 10.2. The lowest BCUT2D eigenvalue weighted by Crippen LogP contribution is -2.37. The minimum Gasteiger partial charge on any atom is -0.382 e. The number of hydrogen-bond acceptors (Lipinski definition) is 2. The van der Waals surface area contributed by atoms with Gasteiger partial charge in [-0.2, -0.15) is 0 Å². The molecular weight excluding hydrogens is 452 g/mol. The number of guanidine groups is 1. The summed E-state index contributed by atoms with van der Waals surface area (Å²) in [6, 6.07) is 4.88. The maximum absolute atomic E-state index is 13.6. The molecule has 0 aliphatic rings. The molecule has 0 heterocycles. The summed E-state index contributed by atoms with van der Waals surface area (Å²) in [5.74, 6) is 0.424. The molecule has 0 fully saturated rings. The zero-order valence-electron chi connectivity index (χ0n) is 12.3. The van der Waals surface area contributed by atoms with E-state index in [0.29, 0.717) is 18.1 Å². The van der Waals surface area contributed by atoms with E-state index in [1.807, 2.05) is 6.92 Å². The van der Waals surface area contributed by atoms with Gasteiger partial charge in [-0.25, -0.2) is 4.39 Å². The summed E-state index contributed by atoms with van der Waals surface area (Å²) < 4.78 is 19.7. The minimum absolute atomic E-state index is 0. The topological polar surface area (TPSA) is 45.6 Å². The molecule has 0 radical (unpaired) electrons. The summed E-state index contributed by atoms with van der Waals surface area (Å²) >= 11 is 3.33. The van der Waals surface area contributed by atoms with Crippen molar-refractivity contribution in [2.24, 2.45) is 4.99 Å². The number of halogens is 3. The molecule has 0 aromatic heterocycles. The summed E-state index contributed by atoms with van der Waals surface area (Å²) in [6.07, 6.45) is 0.903. The van der Waals surface area contributed by atoms with Crippen molar-refractivity contribution in [1.29, 1.82) is 0 Å². The Bertz CT molecular complexity index is 446. The largest absolute Gasteiger partial charge is 0.382 e. The van der Waals surface area contributed by atoms with Gasteiger partial charge in [0.25, 0.3) is 0 Å². The maximum Gasteiger partial charge on any atom is 0.191 e. The van der Waals surface area contributed by atoms with Crippen LogP contribution in [0.25, 0.3) is 0 Å². The highest BCUT2D eigenvalue weighted by atomic mass is 127. The smallest absolute Gasteiger partial charge is 0.191 e. The van der Waals surface area contributed by atoms with Gasteiger partial charge < -0.3 is 15.4 Å². The molecule has 0 aliphatic heterocycles. The summed E-state index contributed by atoms with van der Waals surface area (Å²) in [5.41, 5.74) is 0.594. The van der Waals surface area contributed by atoms with Gasteiger partial charge in [-0.15, -0.1) is 24.0 Å². The first kappa shape index (κ1) is 20.6. The highest BCUT2D eigenvalue weighted by molar-refractivity contribution is 14.0. The number of nitrogens with zero attached hydrogens (tertiary/aromatic N) is 1. The van der Waals surface area contributed by atoms with Crippen molar-refractivity contribution < 1.29 is 9.13 Å². The molecule has 7 heteroatoms. The maximum atomic E-state index is 13.6. The Morgan fingerprint density at radius 3 is 2.81 bits per heavy atom. The van der Waals surface area contributed by atoms with Gasteiger partial charge in [0.15, 0.2) is 5.96 Å². The Kier molecular flexibility index (Phi) is 11.9. The zero-order valence-corrected chi connectivity index (χ0v) is 16.2. The van der Waals surface area contributed by atoms with Gasteiger partial charge in [-0.05, 0) is 31.5 Å². The van der Waals surface area contributed by atoms with Crippen LogP contribution < -0.4 is 10.6 Å². The third kappa shape index (κ3) is 8.57. The Morgan fingerprint density at radius 2 is 2.14 bits per heavy atom. The fourth-order valence-corrected chi connectivity index (χ4v) is 2.01. The van der Waals surface area contributed by atoms with E-state index in [-0.39, 0.29) is 29.8 Å². The van der Waals surface area contributed by atoms with E-state index >= 15 is 0 Å². The van der Waals surface area contributed by atoms with E-state index in [1.165, 1.54) is 6.07 Å². The number of nitrogens with one attached hydrogen (secondary N) is 2. The van der Waals surface area contributed by atoms with E-state index in [4.69, 9.17) is 4.74 Å². The number of ether oxygens (including phenoxy) is 1. The van der Waals surface area contributed by atoms with Crippen LogP contribution in [0.2, 0.25) is 0 Å². The number of benzene rings is 1. The lowest BCUT2D eigenvalue weighted by molar-refractivity contribution is 0.145. The molecule has 120 valence electrons. The summed E-state index contributed by atoms with van der Waals surface area (Å²) in [4.78, 5) is 4.09. The van der Waals surface area contributed by atoms with Crippen molar-refractivity contribution in [2.75, 3.05) is 26.8 Å². The van der Waals surface area contributed by atoms with Crippen molar-refractivity contribution in [1.82, 2.24) is 10.6 Å². The predicted octanol–water partition coefficient (Wildman–Crippen LogP) is 3.30. The van der Waals surface area contributed by atoms with Crippen LogP contribution in [0.15, 0.2) is 27.7 Å². The van der Waals surface area contributed by atoms with Crippen LogP contribution in [0.3, 0.4) is 0 Å². The third-order valence-corrected chi connectivity index (χ3v) is 3.13. The monoisotopic (exact) mass is 473 g/mol. The fourth-order valence-electron chi connectivity index (χ4n) is 1.60. The number of hydrogen-bond donors (Lipinski definition) is 2.